The Balaban J connectivity index is 1.44. The van der Waals surface area contributed by atoms with Crippen LogP contribution >= 0.6 is 0 Å². The molecule has 140 valence electrons. The Kier molecular flexibility index (Phi) is 7.14. The zero-order chi connectivity index (χ0) is 17.4. The lowest BCUT2D eigenvalue weighted by molar-refractivity contribution is 0.0289. The first-order valence-electron chi connectivity index (χ1n) is 10.1. The van der Waals surface area contributed by atoms with Crippen LogP contribution in [0.5, 0.6) is 5.75 Å². The van der Waals surface area contributed by atoms with E-state index in [1.54, 1.807) is 0 Å². The van der Waals surface area contributed by atoms with Crippen LogP contribution in [0.4, 0.5) is 0 Å². The van der Waals surface area contributed by atoms with Crippen LogP contribution in [0.1, 0.15) is 51.4 Å². The van der Waals surface area contributed by atoms with Crippen molar-refractivity contribution in [3.05, 3.63) is 30.3 Å². The molecule has 2 N–H and O–H groups in total. The number of aliphatic hydroxyl groups excluding tert-OH is 1. The average molecular weight is 347 g/mol. The second-order valence-electron chi connectivity index (χ2n) is 7.74. The van der Waals surface area contributed by atoms with Gasteiger partial charge >= 0.3 is 0 Å². The number of hydrogen-bond acceptors (Lipinski definition) is 4. The quantitative estimate of drug-likeness (QED) is 0.759. The fraction of sp³-hybridized carbons (Fsp3) is 0.714. The van der Waals surface area contributed by atoms with E-state index in [0.717, 1.165) is 12.3 Å². The van der Waals surface area contributed by atoms with E-state index in [-0.39, 0.29) is 0 Å². The van der Waals surface area contributed by atoms with Gasteiger partial charge in [-0.25, -0.2) is 0 Å². The third-order valence-corrected chi connectivity index (χ3v) is 5.83. The number of para-hydroxylation sites is 1. The predicted molar refractivity (Wildman–Crippen MR) is 102 cm³/mol. The summed E-state index contributed by atoms with van der Waals surface area (Å²) < 4.78 is 5.65. The number of rotatable bonds is 8. The molecule has 0 amide bonds. The molecule has 1 atom stereocenters. The lowest BCUT2D eigenvalue weighted by atomic mass is 9.79. The molecule has 0 unspecified atom stereocenters. The van der Waals surface area contributed by atoms with Crippen LogP contribution in [0, 0.1) is 0 Å². The molecule has 1 aliphatic carbocycles. The second-order valence-corrected chi connectivity index (χ2v) is 7.74. The molecule has 3 rings (SSSR count). The standard InChI is InChI=1S/C21H34N2O2/c24-19(17-25-20-10-4-1-5-11-20)16-22-18-21(12-6-2-7-13-21)23-14-8-3-9-15-23/h1,4-5,10-11,19,22,24H,2-3,6-9,12-18H2/t19-/m1/s1. The van der Waals surface area contributed by atoms with Gasteiger partial charge in [0.15, 0.2) is 0 Å². The number of benzene rings is 1. The van der Waals surface area contributed by atoms with Crippen LogP contribution in [0.3, 0.4) is 0 Å². The highest BCUT2D eigenvalue weighted by Gasteiger charge is 2.37. The van der Waals surface area contributed by atoms with Gasteiger partial charge in [0.2, 0.25) is 0 Å². The minimum absolute atomic E-state index is 0.318. The average Bonchev–Trinajstić information content (AvgIpc) is 2.69. The zero-order valence-electron chi connectivity index (χ0n) is 15.5. The predicted octanol–water partition coefficient (Wildman–Crippen LogP) is 3.20. The zero-order valence-corrected chi connectivity index (χ0v) is 15.5. The summed E-state index contributed by atoms with van der Waals surface area (Å²) in [7, 11) is 0. The van der Waals surface area contributed by atoms with Gasteiger partial charge in [-0.3, -0.25) is 4.90 Å². The molecule has 4 nitrogen and oxygen atoms in total. The first kappa shape index (κ1) is 18.7. The van der Waals surface area contributed by atoms with Crippen molar-refractivity contribution >= 4 is 0 Å². The fourth-order valence-corrected chi connectivity index (χ4v) is 4.42. The SMILES string of the molecule is O[C@H](CNCC1(N2CCCCC2)CCCCC1)COc1ccccc1. The summed E-state index contributed by atoms with van der Waals surface area (Å²) in [6.45, 7) is 4.44. The minimum Gasteiger partial charge on any atom is -0.491 e. The lowest BCUT2D eigenvalue weighted by Crippen LogP contribution is -2.58. The maximum Gasteiger partial charge on any atom is 0.119 e. The highest BCUT2D eigenvalue weighted by Crippen LogP contribution is 2.35. The third kappa shape index (κ3) is 5.44. The first-order chi connectivity index (χ1) is 12.3. The molecule has 1 saturated heterocycles. The van der Waals surface area contributed by atoms with Crippen LogP contribution in [0.2, 0.25) is 0 Å². The van der Waals surface area contributed by atoms with Crippen molar-refractivity contribution in [2.24, 2.45) is 0 Å². The Labute approximate surface area is 152 Å². The van der Waals surface area contributed by atoms with E-state index in [2.05, 4.69) is 10.2 Å². The smallest absolute Gasteiger partial charge is 0.119 e. The molecule has 4 heteroatoms. The van der Waals surface area contributed by atoms with Gasteiger partial charge in [0.1, 0.15) is 18.5 Å². The Hall–Kier alpha value is -1.10. The number of likely N-dealkylation sites (tertiary alicyclic amines) is 1. The molecule has 0 bridgehead atoms. The Bertz CT molecular complexity index is 482. The normalized spacial score (nSPS) is 22.4. The Morgan fingerprint density at radius 1 is 1.00 bits per heavy atom. The fourth-order valence-electron chi connectivity index (χ4n) is 4.42. The van der Waals surface area contributed by atoms with Gasteiger partial charge in [0.05, 0.1) is 0 Å². The molecule has 1 aromatic carbocycles. The number of nitrogens with one attached hydrogen (secondary N) is 1. The van der Waals surface area contributed by atoms with Crippen molar-refractivity contribution in [1.29, 1.82) is 0 Å². The maximum absolute atomic E-state index is 10.2. The highest BCUT2D eigenvalue weighted by molar-refractivity contribution is 5.20. The third-order valence-electron chi connectivity index (χ3n) is 5.83. The van der Waals surface area contributed by atoms with Crippen molar-refractivity contribution in [3.63, 3.8) is 0 Å². The van der Waals surface area contributed by atoms with E-state index >= 15 is 0 Å². The van der Waals surface area contributed by atoms with Crippen molar-refractivity contribution in [2.75, 3.05) is 32.8 Å². The highest BCUT2D eigenvalue weighted by atomic mass is 16.5. The second kappa shape index (κ2) is 9.56. The maximum atomic E-state index is 10.2. The summed E-state index contributed by atoms with van der Waals surface area (Å²) in [6.07, 6.45) is 10.3. The molecular weight excluding hydrogens is 312 g/mol. The molecule has 1 heterocycles. The number of aliphatic hydroxyl groups is 1. The van der Waals surface area contributed by atoms with Gasteiger partial charge in [-0.2, -0.15) is 0 Å². The van der Waals surface area contributed by atoms with E-state index in [1.807, 2.05) is 30.3 Å². The van der Waals surface area contributed by atoms with Gasteiger partial charge in [0, 0.05) is 18.6 Å². The number of hydrogen-bond donors (Lipinski definition) is 2. The van der Waals surface area contributed by atoms with Gasteiger partial charge in [0.25, 0.3) is 0 Å². The molecule has 0 spiro atoms. The number of nitrogens with zero attached hydrogens (tertiary/aromatic N) is 1. The van der Waals surface area contributed by atoms with E-state index in [0.29, 0.717) is 18.7 Å². The van der Waals surface area contributed by atoms with Gasteiger partial charge < -0.3 is 15.2 Å². The monoisotopic (exact) mass is 346 g/mol. The lowest BCUT2D eigenvalue weighted by Gasteiger charge is -2.48. The van der Waals surface area contributed by atoms with Crippen LogP contribution in [-0.4, -0.2) is 54.4 Å². The summed E-state index contributed by atoms with van der Waals surface area (Å²) >= 11 is 0. The Morgan fingerprint density at radius 3 is 2.40 bits per heavy atom. The number of piperidine rings is 1. The van der Waals surface area contributed by atoms with E-state index in [4.69, 9.17) is 4.74 Å². The van der Waals surface area contributed by atoms with Crippen molar-refractivity contribution in [3.8, 4) is 5.75 Å². The molecule has 1 aliphatic heterocycles. The van der Waals surface area contributed by atoms with Crippen LogP contribution < -0.4 is 10.1 Å². The van der Waals surface area contributed by atoms with E-state index in [1.165, 1.54) is 64.5 Å². The van der Waals surface area contributed by atoms with Gasteiger partial charge in [-0.1, -0.05) is 43.9 Å². The molecule has 1 saturated carbocycles. The van der Waals surface area contributed by atoms with Crippen molar-refractivity contribution in [2.45, 2.75) is 63.0 Å². The van der Waals surface area contributed by atoms with Crippen molar-refractivity contribution < 1.29 is 9.84 Å². The summed E-state index contributed by atoms with van der Waals surface area (Å²) in [5.41, 5.74) is 0.318. The molecule has 0 radical (unpaired) electrons. The minimum atomic E-state index is -0.470. The molecule has 2 aliphatic rings. The molecular formula is C21H34N2O2. The Morgan fingerprint density at radius 2 is 1.68 bits per heavy atom. The molecule has 25 heavy (non-hydrogen) atoms. The topological polar surface area (TPSA) is 44.7 Å². The van der Waals surface area contributed by atoms with Gasteiger partial charge in [-0.05, 0) is 50.9 Å². The first-order valence-corrected chi connectivity index (χ1v) is 10.1. The van der Waals surface area contributed by atoms with Crippen molar-refractivity contribution in [1.82, 2.24) is 10.2 Å². The summed E-state index contributed by atoms with van der Waals surface area (Å²) in [5.74, 6) is 0.818. The number of ether oxygens (including phenoxy) is 1. The van der Waals surface area contributed by atoms with E-state index < -0.39 is 6.10 Å². The summed E-state index contributed by atoms with van der Waals surface area (Å²) in [5, 5.41) is 13.8. The molecule has 2 fully saturated rings. The summed E-state index contributed by atoms with van der Waals surface area (Å²) in [6, 6.07) is 9.72. The summed E-state index contributed by atoms with van der Waals surface area (Å²) in [4.78, 5) is 2.75. The van der Waals surface area contributed by atoms with Crippen LogP contribution in [-0.2, 0) is 0 Å². The largest absolute Gasteiger partial charge is 0.491 e. The van der Waals surface area contributed by atoms with E-state index in [9.17, 15) is 5.11 Å². The van der Waals surface area contributed by atoms with Gasteiger partial charge in [-0.15, -0.1) is 0 Å². The van der Waals surface area contributed by atoms with Crippen LogP contribution in [0.15, 0.2) is 30.3 Å². The molecule has 1 aromatic rings. The van der Waals surface area contributed by atoms with Crippen LogP contribution in [0.25, 0.3) is 0 Å². The molecule has 0 aromatic heterocycles.